The molecular weight excluding hydrogens is 284 g/mol. The Morgan fingerprint density at radius 3 is 2.53 bits per heavy atom. The number of rotatable bonds is 3. The second-order valence-corrected chi connectivity index (χ2v) is 4.13. The van der Waals surface area contributed by atoms with E-state index in [4.69, 9.17) is 15.2 Å². The quantitative estimate of drug-likeness (QED) is 0.883. The Labute approximate surface area is 108 Å². The lowest BCUT2D eigenvalue weighted by Gasteiger charge is -2.09. The van der Waals surface area contributed by atoms with Crippen LogP contribution in [0.2, 0.25) is 0 Å². The number of hydrogen-bond acceptors (Lipinski definition) is 4. The van der Waals surface area contributed by atoms with E-state index in [9.17, 15) is 0 Å². The smallest absolute Gasteiger partial charge is 0.222 e. The normalized spacial score (nSPS) is 10.0. The zero-order valence-corrected chi connectivity index (χ0v) is 10.8. The van der Waals surface area contributed by atoms with E-state index in [2.05, 4.69) is 20.9 Å². The van der Waals surface area contributed by atoms with Crippen LogP contribution in [0.15, 0.2) is 40.9 Å². The number of nitrogens with zero attached hydrogens (tertiary/aromatic N) is 1. The third-order valence-electron chi connectivity index (χ3n) is 2.11. The number of para-hydroxylation sites is 1. The molecule has 0 atom stereocenters. The highest BCUT2D eigenvalue weighted by Gasteiger charge is 2.08. The summed E-state index contributed by atoms with van der Waals surface area (Å²) in [6.45, 7) is 0. The molecule has 1 aromatic carbocycles. The SMILES string of the molecule is COc1cccc(Oc2c(N)cccc2Br)n1. The molecule has 2 N–H and O–H groups in total. The van der Waals surface area contributed by atoms with Crippen molar-refractivity contribution in [3.8, 4) is 17.5 Å². The monoisotopic (exact) mass is 294 g/mol. The van der Waals surface area contributed by atoms with Gasteiger partial charge in [-0.25, -0.2) is 0 Å². The van der Waals surface area contributed by atoms with Crippen molar-refractivity contribution in [3.05, 3.63) is 40.9 Å². The van der Waals surface area contributed by atoms with Crippen molar-refractivity contribution < 1.29 is 9.47 Å². The molecule has 0 saturated heterocycles. The molecule has 88 valence electrons. The fourth-order valence-corrected chi connectivity index (χ4v) is 1.77. The Bertz CT molecular complexity index is 511. The molecule has 4 nitrogen and oxygen atoms in total. The third-order valence-corrected chi connectivity index (χ3v) is 2.74. The molecule has 0 saturated carbocycles. The average molecular weight is 295 g/mol. The van der Waals surface area contributed by atoms with Crippen molar-refractivity contribution in [1.82, 2.24) is 4.98 Å². The Morgan fingerprint density at radius 1 is 1.12 bits per heavy atom. The van der Waals surface area contributed by atoms with E-state index in [0.29, 0.717) is 23.2 Å². The van der Waals surface area contributed by atoms with E-state index in [-0.39, 0.29) is 0 Å². The van der Waals surface area contributed by atoms with Gasteiger partial charge in [0.15, 0.2) is 5.75 Å². The summed E-state index contributed by atoms with van der Waals surface area (Å²) in [7, 11) is 1.55. The van der Waals surface area contributed by atoms with Crippen LogP contribution in [0.3, 0.4) is 0 Å². The number of pyridine rings is 1. The van der Waals surface area contributed by atoms with Crippen LogP contribution in [0.4, 0.5) is 5.69 Å². The van der Waals surface area contributed by atoms with Gasteiger partial charge in [0, 0.05) is 12.1 Å². The largest absolute Gasteiger partial charge is 0.481 e. The summed E-state index contributed by atoms with van der Waals surface area (Å²) in [4.78, 5) is 4.15. The summed E-state index contributed by atoms with van der Waals surface area (Å²) in [6, 6.07) is 10.7. The fraction of sp³-hybridized carbons (Fsp3) is 0.0833. The number of anilines is 1. The van der Waals surface area contributed by atoms with Gasteiger partial charge in [-0.2, -0.15) is 4.98 Å². The van der Waals surface area contributed by atoms with Gasteiger partial charge in [0.25, 0.3) is 0 Å². The molecule has 0 amide bonds. The first-order chi connectivity index (χ1) is 8.20. The Morgan fingerprint density at radius 2 is 1.82 bits per heavy atom. The summed E-state index contributed by atoms with van der Waals surface area (Å²) in [6.07, 6.45) is 0. The van der Waals surface area contributed by atoms with Crippen molar-refractivity contribution in [2.24, 2.45) is 0 Å². The number of benzene rings is 1. The molecule has 1 heterocycles. The maximum atomic E-state index is 5.83. The van der Waals surface area contributed by atoms with Crippen LogP contribution in [0.5, 0.6) is 17.5 Å². The lowest BCUT2D eigenvalue weighted by atomic mass is 10.3. The molecule has 0 radical (unpaired) electrons. The van der Waals surface area contributed by atoms with Crippen LogP contribution in [0.1, 0.15) is 0 Å². The first-order valence-electron chi connectivity index (χ1n) is 4.93. The van der Waals surface area contributed by atoms with Crippen molar-refractivity contribution in [3.63, 3.8) is 0 Å². The van der Waals surface area contributed by atoms with Crippen LogP contribution < -0.4 is 15.2 Å². The minimum absolute atomic E-state index is 0.433. The minimum Gasteiger partial charge on any atom is -0.481 e. The van der Waals surface area contributed by atoms with Gasteiger partial charge in [-0.05, 0) is 28.1 Å². The van der Waals surface area contributed by atoms with E-state index in [1.165, 1.54) is 0 Å². The lowest BCUT2D eigenvalue weighted by Crippen LogP contribution is -1.95. The predicted molar refractivity (Wildman–Crippen MR) is 69.4 cm³/mol. The molecule has 0 unspecified atom stereocenters. The number of hydrogen-bond donors (Lipinski definition) is 1. The van der Waals surface area contributed by atoms with Gasteiger partial charge < -0.3 is 15.2 Å². The van der Waals surface area contributed by atoms with Crippen LogP contribution in [-0.2, 0) is 0 Å². The van der Waals surface area contributed by atoms with E-state index in [1.54, 1.807) is 31.4 Å². The fourth-order valence-electron chi connectivity index (χ4n) is 1.30. The van der Waals surface area contributed by atoms with Gasteiger partial charge in [0.1, 0.15) is 0 Å². The number of ether oxygens (including phenoxy) is 2. The summed E-state index contributed by atoms with van der Waals surface area (Å²) in [5.41, 5.74) is 6.37. The van der Waals surface area contributed by atoms with Crippen molar-refractivity contribution >= 4 is 21.6 Å². The van der Waals surface area contributed by atoms with Gasteiger partial charge in [0.2, 0.25) is 11.8 Å². The zero-order valence-electron chi connectivity index (χ0n) is 9.18. The molecule has 0 bridgehead atoms. The van der Waals surface area contributed by atoms with Crippen LogP contribution in [0.25, 0.3) is 0 Å². The molecule has 2 aromatic rings. The Kier molecular flexibility index (Phi) is 3.49. The molecule has 0 aliphatic rings. The van der Waals surface area contributed by atoms with Crippen molar-refractivity contribution in [2.45, 2.75) is 0 Å². The number of nitrogen functional groups attached to an aromatic ring is 1. The molecule has 5 heteroatoms. The van der Waals surface area contributed by atoms with E-state index >= 15 is 0 Å². The summed E-state index contributed by atoms with van der Waals surface area (Å²) >= 11 is 3.38. The minimum atomic E-state index is 0.433. The van der Waals surface area contributed by atoms with Gasteiger partial charge >= 0.3 is 0 Å². The van der Waals surface area contributed by atoms with Crippen LogP contribution >= 0.6 is 15.9 Å². The first-order valence-corrected chi connectivity index (χ1v) is 5.73. The number of nitrogens with two attached hydrogens (primary N) is 1. The van der Waals surface area contributed by atoms with Gasteiger partial charge in [-0.15, -0.1) is 0 Å². The van der Waals surface area contributed by atoms with Gasteiger partial charge in [-0.3, -0.25) is 0 Å². The first kappa shape index (κ1) is 11.7. The Balaban J connectivity index is 2.31. The second-order valence-electron chi connectivity index (χ2n) is 3.28. The highest BCUT2D eigenvalue weighted by atomic mass is 79.9. The second kappa shape index (κ2) is 5.05. The Hall–Kier alpha value is -1.75. The van der Waals surface area contributed by atoms with Crippen molar-refractivity contribution in [1.29, 1.82) is 0 Å². The van der Waals surface area contributed by atoms with Gasteiger partial charge in [0.05, 0.1) is 17.3 Å². The predicted octanol–water partition coefficient (Wildman–Crippen LogP) is 3.23. The van der Waals surface area contributed by atoms with E-state index < -0.39 is 0 Å². The molecule has 2 rings (SSSR count). The number of methoxy groups -OCH3 is 1. The topological polar surface area (TPSA) is 57.4 Å². The van der Waals surface area contributed by atoms with Crippen LogP contribution in [-0.4, -0.2) is 12.1 Å². The van der Waals surface area contributed by atoms with Crippen molar-refractivity contribution in [2.75, 3.05) is 12.8 Å². The van der Waals surface area contributed by atoms with E-state index in [1.807, 2.05) is 12.1 Å². The highest BCUT2D eigenvalue weighted by Crippen LogP contribution is 2.34. The molecule has 0 spiro atoms. The zero-order chi connectivity index (χ0) is 12.3. The molecule has 1 aromatic heterocycles. The number of aromatic nitrogens is 1. The summed E-state index contributed by atoms with van der Waals surface area (Å²) < 4.78 is 11.4. The average Bonchev–Trinajstić information content (AvgIpc) is 2.34. The molecule has 17 heavy (non-hydrogen) atoms. The highest BCUT2D eigenvalue weighted by molar-refractivity contribution is 9.10. The lowest BCUT2D eigenvalue weighted by molar-refractivity contribution is 0.383. The third kappa shape index (κ3) is 2.68. The molecule has 0 aliphatic carbocycles. The molecular formula is C12H11BrN2O2. The molecule has 0 aliphatic heterocycles. The summed E-state index contributed by atoms with van der Waals surface area (Å²) in [5.74, 6) is 1.48. The number of halogens is 1. The van der Waals surface area contributed by atoms with E-state index in [0.717, 1.165) is 4.47 Å². The summed E-state index contributed by atoms with van der Waals surface area (Å²) in [5, 5.41) is 0. The maximum Gasteiger partial charge on any atom is 0.222 e. The standard InChI is InChI=1S/C12H11BrN2O2/c1-16-10-6-3-7-11(15-10)17-12-8(13)4-2-5-9(12)14/h2-7H,14H2,1H3. The maximum absolute atomic E-state index is 5.83. The van der Waals surface area contributed by atoms with Gasteiger partial charge in [-0.1, -0.05) is 12.1 Å². The molecule has 0 fully saturated rings. The van der Waals surface area contributed by atoms with Crippen LogP contribution in [0, 0.1) is 0 Å².